The Hall–Kier alpha value is -3.30. The summed E-state index contributed by atoms with van der Waals surface area (Å²) in [7, 11) is 0. The van der Waals surface area contributed by atoms with Gasteiger partial charge >= 0.3 is 0 Å². The summed E-state index contributed by atoms with van der Waals surface area (Å²) in [6.45, 7) is 7.49. The number of hydrogen-bond acceptors (Lipinski definition) is 5. The maximum absolute atomic E-state index is 14.0. The van der Waals surface area contributed by atoms with Crippen LogP contribution in [0.3, 0.4) is 0 Å². The van der Waals surface area contributed by atoms with E-state index in [4.69, 9.17) is 14.2 Å². The Morgan fingerprint density at radius 3 is 2.42 bits per heavy atom. The minimum atomic E-state index is -1.24. The molecule has 43 heavy (non-hydrogen) atoms. The molecule has 0 aliphatic heterocycles. The van der Waals surface area contributed by atoms with E-state index in [0.29, 0.717) is 59.0 Å². The highest BCUT2D eigenvalue weighted by molar-refractivity contribution is 5.83. The topological polar surface area (TPSA) is 73.8 Å². The summed E-state index contributed by atoms with van der Waals surface area (Å²) in [5.74, 6) is 0.0633. The van der Waals surface area contributed by atoms with E-state index < -0.39 is 5.67 Å². The van der Waals surface area contributed by atoms with Gasteiger partial charge in [0.25, 0.3) is 0 Å². The molecule has 1 aliphatic carbocycles. The molecule has 232 valence electrons. The summed E-state index contributed by atoms with van der Waals surface area (Å²) in [4.78, 5) is 11.9. The normalized spacial score (nSPS) is 16.5. The summed E-state index contributed by atoms with van der Waals surface area (Å²) >= 11 is 0. The van der Waals surface area contributed by atoms with Crippen LogP contribution in [0.15, 0.2) is 84.6 Å². The van der Waals surface area contributed by atoms with Crippen molar-refractivity contribution < 1.29 is 23.4 Å². The number of carbonyl (C=O) groups excluding carboxylic acids is 1. The highest BCUT2D eigenvalue weighted by atomic mass is 19.1. The Kier molecular flexibility index (Phi) is 13.4. The van der Waals surface area contributed by atoms with Gasteiger partial charge in [0.05, 0.1) is 39.6 Å². The number of fused-ring (bicyclic) bond motifs is 1. The predicted octanol–water partition coefficient (Wildman–Crippen LogP) is 5.53. The van der Waals surface area contributed by atoms with E-state index in [1.54, 1.807) is 13.0 Å². The molecule has 2 N–H and O–H groups in total. The lowest BCUT2D eigenvalue weighted by atomic mass is 9.96. The number of allylic oxidation sites excluding steroid dienone is 4. The molecule has 0 radical (unpaired) electrons. The standard InChI is InChI=1S/C35H46FN3O4/c1-35(36)16-13-30(14-17-35)28-39-20-15-32-31(10-6-11-33(32)39)27-37-18-21-41-23-25-43-26-24-42-22-19-38-34(40)12-5-9-29-7-3-2-4-8-29/h2-4,6-8,10-11,13-16,20,37H,5,9,12,17-19,21-28H2,1H3,(H,38,40). The van der Waals surface area contributed by atoms with Gasteiger partial charge in [0, 0.05) is 56.1 Å². The Morgan fingerprint density at radius 2 is 1.67 bits per heavy atom. The third-order valence-corrected chi connectivity index (χ3v) is 7.43. The van der Waals surface area contributed by atoms with Crippen LogP contribution in [0.5, 0.6) is 0 Å². The van der Waals surface area contributed by atoms with Crippen molar-refractivity contribution in [3.63, 3.8) is 0 Å². The van der Waals surface area contributed by atoms with Gasteiger partial charge in [0.15, 0.2) is 0 Å². The molecule has 0 saturated carbocycles. The van der Waals surface area contributed by atoms with Gasteiger partial charge in [0.2, 0.25) is 5.91 Å². The molecule has 8 heteroatoms. The summed E-state index contributed by atoms with van der Waals surface area (Å²) in [5, 5.41) is 7.58. The summed E-state index contributed by atoms with van der Waals surface area (Å²) in [6, 6.07) is 18.7. The third kappa shape index (κ3) is 11.7. The maximum Gasteiger partial charge on any atom is 0.220 e. The molecule has 1 unspecified atom stereocenters. The first-order valence-corrected chi connectivity index (χ1v) is 15.4. The van der Waals surface area contributed by atoms with Crippen LogP contribution in [0.2, 0.25) is 0 Å². The third-order valence-electron chi connectivity index (χ3n) is 7.43. The molecule has 1 aromatic heterocycles. The van der Waals surface area contributed by atoms with Crippen LogP contribution in [-0.2, 0) is 38.5 Å². The van der Waals surface area contributed by atoms with Crippen LogP contribution in [-0.4, -0.2) is 68.9 Å². The Labute approximate surface area is 255 Å². The first-order valence-electron chi connectivity index (χ1n) is 15.4. The van der Waals surface area contributed by atoms with E-state index in [-0.39, 0.29) is 5.91 Å². The van der Waals surface area contributed by atoms with Gasteiger partial charge in [-0.2, -0.15) is 0 Å². The Morgan fingerprint density at radius 1 is 0.930 bits per heavy atom. The van der Waals surface area contributed by atoms with Crippen LogP contribution < -0.4 is 10.6 Å². The smallest absolute Gasteiger partial charge is 0.220 e. The lowest BCUT2D eigenvalue weighted by molar-refractivity contribution is -0.121. The van der Waals surface area contributed by atoms with Gasteiger partial charge in [-0.05, 0) is 54.7 Å². The number of alkyl halides is 1. The van der Waals surface area contributed by atoms with E-state index in [0.717, 1.165) is 38.0 Å². The Balaban J connectivity index is 0.967. The quantitative estimate of drug-likeness (QED) is 0.169. The molecule has 0 saturated heterocycles. The second-order valence-corrected chi connectivity index (χ2v) is 11.1. The van der Waals surface area contributed by atoms with Crippen LogP contribution >= 0.6 is 0 Å². The molecule has 1 aliphatic rings. The van der Waals surface area contributed by atoms with Crippen molar-refractivity contribution in [2.24, 2.45) is 0 Å². The Bertz CT molecular complexity index is 1320. The number of aryl methyl sites for hydroxylation is 1. The number of nitrogens with one attached hydrogen (secondary N) is 2. The van der Waals surface area contributed by atoms with Crippen molar-refractivity contribution in [2.45, 2.75) is 51.4 Å². The molecule has 1 atom stereocenters. The lowest BCUT2D eigenvalue weighted by Crippen LogP contribution is -2.27. The fourth-order valence-electron chi connectivity index (χ4n) is 5.00. The number of hydrogen-bond donors (Lipinski definition) is 2. The molecule has 2 aromatic carbocycles. The number of nitrogens with zero attached hydrogens (tertiary/aromatic N) is 1. The lowest BCUT2D eigenvalue weighted by Gasteiger charge is -2.19. The zero-order valence-corrected chi connectivity index (χ0v) is 25.4. The second-order valence-electron chi connectivity index (χ2n) is 11.1. The number of benzene rings is 2. The van der Waals surface area contributed by atoms with Gasteiger partial charge < -0.3 is 29.4 Å². The van der Waals surface area contributed by atoms with Crippen LogP contribution in [0, 0.1) is 0 Å². The summed E-state index contributed by atoms with van der Waals surface area (Å²) < 4.78 is 33.0. The van der Waals surface area contributed by atoms with Crippen molar-refractivity contribution in [1.29, 1.82) is 0 Å². The largest absolute Gasteiger partial charge is 0.378 e. The average molecular weight is 592 g/mol. The highest BCUT2D eigenvalue weighted by Crippen LogP contribution is 2.27. The molecule has 4 rings (SSSR count). The van der Waals surface area contributed by atoms with Crippen molar-refractivity contribution >= 4 is 16.8 Å². The predicted molar refractivity (Wildman–Crippen MR) is 170 cm³/mol. The van der Waals surface area contributed by atoms with E-state index in [1.807, 2.05) is 30.4 Å². The second kappa shape index (κ2) is 17.7. The van der Waals surface area contributed by atoms with Gasteiger partial charge in [-0.1, -0.05) is 54.6 Å². The first-order chi connectivity index (χ1) is 21.0. The number of ether oxygens (including phenoxy) is 3. The summed E-state index contributed by atoms with van der Waals surface area (Å²) in [6.07, 6.45) is 10.4. The first kappa shape index (κ1) is 32.6. The average Bonchev–Trinajstić information content (AvgIpc) is 3.42. The van der Waals surface area contributed by atoms with Crippen LogP contribution in [0.1, 0.15) is 37.3 Å². The monoisotopic (exact) mass is 591 g/mol. The number of rotatable bonds is 20. The van der Waals surface area contributed by atoms with Crippen LogP contribution in [0.4, 0.5) is 4.39 Å². The fourth-order valence-corrected chi connectivity index (χ4v) is 5.00. The van der Waals surface area contributed by atoms with Crippen molar-refractivity contribution in [3.8, 4) is 0 Å². The molecule has 7 nitrogen and oxygen atoms in total. The molecular formula is C35H46FN3O4. The number of halogens is 1. The minimum Gasteiger partial charge on any atom is -0.378 e. The van der Waals surface area contributed by atoms with Crippen molar-refractivity contribution in [2.75, 3.05) is 52.7 Å². The van der Waals surface area contributed by atoms with E-state index in [1.165, 1.54) is 22.0 Å². The van der Waals surface area contributed by atoms with E-state index in [9.17, 15) is 9.18 Å². The van der Waals surface area contributed by atoms with Gasteiger partial charge in [-0.15, -0.1) is 0 Å². The number of amides is 1. The SMILES string of the molecule is CC1(F)C=CC(Cn2ccc3c(CNCCOCCOCCOCCNC(=O)CCCc4ccccc4)cccc32)=CC1. The van der Waals surface area contributed by atoms with E-state index in [2.05, 4.69) is 57.8 Å². The fraction of sp³-hybridized carbons (Fsp3) is 0.457. The molecule has 0 bridgehead atoms. The van der Waals surface area contributed by atoms with Gasteiger partial charge in [0.1, 0.15) is 5.67 Å². The molecular weight excluding hydrogens is 545 g/mol. The summed E-state index contributed by atoms with van der Waals surface area (Å²) in [5.41, 5.74) is 3.58. The molecule has 3 aromatic rings. The number of carbonyl (C=O) groups is 1. The van der Waals surface area contributed by atoms with Crippen molar-refractivity contribution in [1.82, 2.24) is 15.2 Å². The molecule has 0 fully saturated rings. The number of aromatic nitrogens is 1. The zero-order valence-electron chi connectivity index (χ0n) is 25.4. The molecule has 1 amide bonds. The van der Waals surface area contributed by atoms with Gasteiger partial charge in [-0.25, -0.2) is 4.39 Å². The molecule has 1 heterocycles. The van der Waals surface area contributed by atoms with Crippen LogP contribution in [0.25, 0.3) is 10.9 Å². The molecule has 0 spiro atoms. The van der Waals surface area contributed by atoms with Crippen molar-refractivity contribution in [3.05, 3.63) is 95.7 Å². The van der Waals surface area contributed by atoms with E-state index >= 15 is 0 Å². The zero-order chi connectivity index (χ0) is 30.2. The minimum absolute atomic E-state index is 0.0633. The maximum atomic E-state index is 14.0. The highest BCUT2D eigenvalue weighted by Gasteiger charge is 2.21. The van der Waals surface area contributed by atoms with Gasteiger partial charge in [-0.3, -0.25) is 4.79 Å².